The molecule has 1 aliphatic carbocycles. The fourth-order valence-corrected chi connectivity index (χ4v) is 2.61. The summed E-state index contributed by atoms with van der Waals surface area (Å²) >= 11 is 5.93. The molecule has 5 nitrogen and oxygen atoms in total. The number of nitrogens with one attached hydrogen (secondary N) is 2. The van der Waals surface area contributed by atoms with Crippen molar-refractivity contribution in [3.05, 3.63) is 58.6 Å². The van der Waals surface area contributed by atoms with E-state index in [1.165, 1.54) is 0 Å². The number of benzene rings is 2. The zero-order valence-electron chi connectivity index (χ0n) is 14.7. The zero-order valence-corrected chi connectivity index (χ0v) is 15.5. The Kier molecular flexibility index (Phi) is 5.47. The lowest BCUT2D eigenvalue weighted by Crippen LogP contribution is -2.30. The second-order valence-electron chi connectivity index (χ2n) is 6.48. The molecule has 0 aliphatic heterocycles. The number of amides is 2. The van der Waals surface area contributed by atoms with Crippen molar-refractivity contribution in [1.29, 1.82) is 0 Å². The lowest BCUT2D eigenvalue weighted by molar-refractivity contribution is -0.122. The van der Waals surface area contributed by atoms with Gasteiger partial charge in [0.05, 0.1) is 0 Å². The molecule has 0 heterocycles. The Morgan fingerprint density at radius 3 is 2.65 bits per heavy atom. The maximum Gasteiger partial charge on any atom is 0.265 e. The highest BCUT2D eigenvalue weighted by Crippen LogP contribution is 2.22. The van der Waals surface area contributed by atoms with Crippen molar-refractivity contribution in [3.8, 4) is 5.75 Å². The van der Waals surface area contributed by atoms with E-state index in [9.17, 15) is 9.59 Å². The van der Waals surface area contributed by atoms with Gasteiger partial charge in [0.25, 0.3) is 11.8 Å². The molecule has 0 saturated heterocycles. The van der Waals surface area contributed by atoms with Gasteiger partial charge < -0.3 is 15.4 Å². The third-order valence-corrected chi connectivity index (χ3v) is 4.38. The Morgan fingerprint density at radius 2 is 1.96 bits per heavy atom. The quantitative estimate of drug-likeness (QED) is 0.806. The van der Waals surface area contributed by atoms with Crippen LogP contribution in [0.4, 0.5) is 5.69 Å². The highest BCUT2D eigenvalue weighted by atomic mass is 35.5. The van der Waals surface area contributed by atoms with Crippen LogP contribution in [0.15, 0.2) is 42.5 Å². The van der Waals surface area contributed by atoms with Gasteiger partial charge >= 0.3 is 0 Å². The summed E-state index contributed by atoms with van der Waals surface area (Å²) in [5, 5.41) is 6.32. The van der Waals surface area contributed by atoms with E-state index in [-0.39, 0.29) is 17.9 Å². The summed E-state index contributed by atoms with van der Waals surface area (Å²) in [6, 6.07) is 12.4. The van der Waals surface area contributed by atoms with Crippen LogP contribution in [0, 0.1) is 6.92 Å². The largest absolute Gasteiger partial charge is 0.481 e. The summed E-state index contributed by atoms with van der Waals surface area (Å²) in [4.78, 5) is 24.6. The Bertz CT molecular complexity index is 834. The third kappa shape index (κ3) is 4.76. The first-order chi connectivity index (χ1) is 12.4. The molecule has 136 valence electrons. The van der Waals surface area contributed by atoms with Crippen LogP contribution in [-0.2, 0) is 4.79 Å². The molecule has 6 heteroatoms. The first kappa shape index (κ1) is 18.3. The molecule has 26 heavy (non-hydrogen) atoms. The molecule has 0 radical (unpaired) electrons. The zero-order chi connectivity index (χ0) is 18.7. The van der Waals surface area contributed by atoms with Crippen molar-refractivity contribution in [3.63, 3.8) is 0 Å². The molecule has 3 rings (SSSR count). The molecular formula is C20H21ClN2O3. The Hall–Kier alpha value is -2.53. The number of rotatable bonds is 6. The molecule has 1 aliphatic rings. The van der Waals surface area contributed by atoms with Gasteiger partial charge in [0.2, 0.25) is 0 Å². The van der Waals surface area contributed by atoms with Crippen LogP contribution >= 0.6 is 11.6 Å². The van der Waals surface area contributed by atoms with Gasteiger partial charge in [-0.2, -0.15) is 0 Å². The molecule has 0 aromatic heterocycles. The van der Waals surface area contributed by atoms with Crippen molar-refractivity contribution in [2.75, 3.05) is 5.32 Å². The minimum absolute atomic E-state index is 0.119. The molecular weight excluding hydrogens is 352 g/mol. The summed E-state index contributed by atoms with van der Waals surface area (Å²) in [7, 11) is 0. The fourth-order valence-electron chi connectivity index (χ4n) is 2.43. The number of carbonyl (C=O) groups excluding carboxylic acids is 2. The third-order valence-electron chi connectivity index (χ3n) is 4.15. The van der Waals surface area contributed by atoms with E-state index in [0.717, 1.165) is 18.4 Å². The van der Waals surface area contributed by atoms with Crippen LogP contribution in [-0.4, -0.2) is 24.0 Å². The summed E-state index contributed by atoms with van der Waals surface area (Å²) in [6.45, 7) is 3.54. The molecule has 1 saturated carbocycles. The summed E-state index contributed by atoms with van der Waals surface area (Å²) in [6.07, 6.45) is 1.34. The topological polar surface area (TPSA) is 67.4 Å². The highest BCUT2D eigenvalue weighted by Gasteiger charge is 2.24. The van der Waals surface area contributed by atoms with E-state index in [1.54, 1.807) is 43.3 Å². The average molecular weight is 373 g/mol. The number of ether oxygens (including phenoxy) is 1. The predicted octanol–water partition coefficient (Wildman–Crippen LogP) is 3.95. The average Bonchev–Trinajstić information content (AvgIpc) is 3.40. The lowest BCUT2D eigenvalue weighted by Gasteiger charge is -2.16. The normalized spacial score (nSPS) is 14.4. The van der Waals surface area contributed by atoms with Crippen molar-refractivity contribution in [1.82, 2.24) is 5.32 Å². The van der Waals surface area contributed by atoms with E-state index in [2.05, 4.69) is 10.6 Å². The SMILES string of the molecule is Cc1ccc(C(=O)NC2CC2)cc1NC(=O)C(C)Oc1cccc(Cl)c1. The van der Waals surface area contributed by atoms with Crippen LogP contribution in [0.5, 0.6) is 5.75 Å². The number of aryl methyl sites for hydroxylation is 1. The summed E-state index contributed by atoms with van der Waals surface area (Å²) < 4.78 is 5.63. The van der Waals surface area contributed by atoms with Gasteiger partial charge in [-0.3, -0.25) is 9.59 Å². The molecule has 1 atom stereocenters. The van der Waals surface area contributed by atoms with E-state index in [4.69, 9.17) is 16.3 Å². The van der Waals surface area contributed by atoms with Gasteiger partial charge in [0.1, 0.15) is 5.75 Å². The number of hydrogen-bond donors (Lipinski definition) is 2. The number of anilines is 1. The smallest absolute Gasteiger partial charge is 0.265 e. The van der Waals surface area contributed by atoms with E-state index < -0.39 is 6.10 Å². The molecule has 1 fully saturated rings. The fraction of sp³-hybridized carbons (Fsp3) is 0.300. The maximum absolute atomic E-state index is 12.5. The van der Waals surface area contributed by atoms with Gasteiger partial charge in [-0.25, -0.2) is 0 Å². The molecule has 2 amide bonds. The van der Waals surface area contributed by atoms with Crippen LogP contribution in [0.3, 0.4) is 0 Å². The minimum atomic E-state index is -0.711. The van der Waals surface area contributed by atoms with Gasteiger partial charge in [0.15, 0.2) is 6.10 Å². The van der Waals surface area contributed by atoms with E-state index >= 15 is 0 Å². The van der Waals surface area contributed by atoms with Gasteiger partial charge in [-0.05, 0) is 62.6 Å². The van der Waals surface area contributed by atoms with Crippen LogP contribution in [0.1, 0.15) is 35.7 Å². The highest BCUT2D eigenvalue weighted by molar-refractivity contribution is 6.30. The molecule has 0 bridgehead atoms. The van der Waals surface area contributed by atoms with Crippen molar-refractivity contribution in [2.45, 2.75) is 38.8 Å². The van der Waals surface area contributed by atoms with Gasteiger partial charge in [-0.15, -0.1) is 0 Å². The van der Waals surface area contributed by atoms with E-state index in [0.29, 0.717) is 22.0 Å². The Morgan fingerprint density at radius 1 is 1.19 bits per heavy atom. The number of carbonyl (C=O) groups is 2. The number of hydrogen-bond acceptors (Lipinski definition) is 3. The standard InChI is InChI=1S/C20H21ClN2O3/c1-12-6-7-14(20(25)22-16-8-9-16)10-18(12)23-19(24)13(2)26-17-5-3-4-15(21)11-17/h3-7,10-11,13,16H,8-9H2,1-2H3,(H,22,25)(H,23,24). The lowest BCUT2D eigenvalue weighted by atomic mass is 10.1. The first-order valence-electron chi connectivity index (χ1n) is 8.57. The Labute approximate surface area is 157 Å². The molecule has 2 aromatic carbocycles. The second kappa shape index (κ2) is 7.79. The van der Waals surface area contributed by atoms with Crippen molar-refractivity contribution >= 4 is 29.1 Å². The van der Waals surface area contributed by atoms with Crippen molar-refractivity contribution in [2.24, 2.45) is 0 Å². The predicted molar refractivity (Wildman–Crippen MR) is 102 cm³/mol. The molecule has 1 unspecified atom stereocenters. The number of halogens is 1. The second-order valence-corrected chi connectivity index (χ2v) is 6.92. The van der Waals surface area contributed by atoms with Crippen molar-refractivity contribution < 1.29 is 14.3 Å². The molecule has 2 aromatic rings. The minimum Gasteiger partial charge on any atom is -0.481 e. The van der Waals surface area contributed by atoms with Crippen LogP contribution in [0.2, 0.25) is 5.02 Å². The monoisotopic (exact) mass is 372 g/mol. The first-order valence-corrected chi connectivity index (χ1v) is 8.95. The maximum atomic E-state index is 12.5. The Balaban J connectivity index is 1.66. The molecule has 2 N–H and O–H groups in total. The van der Waals surface area contributed by atoms with Crippen LogP contribution < -0.4 is 15.4 Å². The van der Waals surface area contributed by atoms with Crippen LogP contribution in [0.25, 0.3) is 0 Å². The van der Waals surface area contributed by atoms with E-state index in [1.807, 2.05) is 13.0 Å². The summed E-state index contributed by atoms with van der Waals surface area (Å²) in [5.41, 5.74) is 2.00. The summed E-state index contributed by atoms with van der Waals surface area (Å²) in [5.74, 6) is 0.105. The van der Waals surface area contributed by atoms with Gasteiger partial charge in [0, 0.05) is 22.3 Å². The van der Waals surface area contributed by atoms with Gasteiger partial charge in [-0.1, -0.05) is 23.7 Å². The molecule has 0 spiro atoms.